The van der Waals surface area contributed by atoms with Gasteiger partial charge in [-0.25, -0.2) is 0 Å². The number of carbonyl (C=O) groups excluding carboxylic acids is 1. The van der Waals surface area contributed by atoms with Gasteiger partial charge in [-0.15, -0.1) is 0 Å². The minimum atomic E-state index is -2.98. The van der Waals surface area contributed by atoms with E-state index >= 15 is 0 Å². The molecule has 1 N–H and O–H groups in total. The number of halogens is 2. The number of para-hydroxylation sites is 1. The van der Waals surface area contributed by atoms with Crippen LogP contribution in [0.2, 0.25) is 0 Å². The molecule has 0 aromatic heterocycles. The predicted octanol–water partition coefficient (Wildman–Crippen LogP) is 3.03. The van der Waals surface area contributed by atoms with E-state index in [9.17, 15) is 13.6 Å². The third kappa shape index (κ3) is 4.37. The molecule has 0 radical (unpaired) electrons. The lowest BCUT2D eigenvalue weighted by atomic mass is 10.1. The summed E-state index contributed by atoms with van der Waals surface area (Å²) in [4.78, 5) is 12.2. The van der Waals surface area contributed by atoms with Crippen LogP contribution in [0, 0.1) is 0 Å². The zero-order valence-corrected chi connectivity index (χ0v) is 13.3. The molecule has 0 spiro atoms. The first kappa shape index (κ1) is 17.0. The van der Waals surface area contributed by atoms with Gasteiger partial charge in [0.15, 0.2) is 11.5 Å². The molecule has 0 aliphatic carbocycles. The lowest BCUT2D eigenvalue weighted by Crippen LogP contribution is -2.26. The SMILES string of the molecule is O=C(NCCc1ccc2c(c1)OCCO2)c1ccccc1OC(F)F. The summed E-state index contributed by atoms with van der Waals surface area (Å²) in [5.41, 5.74) is 1.05. The Hall–Kier alpha value is -2.83. The summed E-state index contributed by atoms with van der Waals surface area (Å²) in [5, 5.41) is 2.71. The fraction of sp³-hybridized carbons (Fsp3) is 0.278. The lowest BCUT2D eigenvalue weighted by molar-refractivity contribution is -0.0501. The van der Waals surface area contributed by atoms with Crippen LogP contribution in [-0.4, -0.2) is 32.3 Å². The van der Waals surface area contributed by atoms with Crippen LogP contribution in [0.25, 0.3) is 0 Å². The zero-order valence-electron chi connectivity index (χ0n) is 13.3. The van der Waals surface area contributed by atoms with Crippen LogP contribution >= 0.6 is 0 Å². The molecule has 0 unspecified atom stereocenters. The first-order valence-electron chi connectivity index (χ1n) is 7.84. The van der Waals surface area contributed by atoms with Crippen molar-refractivity contribution in [3.05, 3.63) is 53.6 Å². The maximum Gasteiger partial charge on any atom is 0.387 e. The van der Waals surface area contributed by atoms with Gasteiger partial charge in [-0.3, -0.25) is 4.79 Å². The summed E-state index contributed by atoms with van der Waals surface area (Å²) in [6.07, 6.45) is 0.570. The first-order valence-corrected chi connectivity index (χ1v) is 7.84. The number of nitrogens with one attached hydrogen (secondary N) is 1. The highest BCUT2D eigenvalue weighted by Crippen LogP contribution is 2.30. The van der Waals surface area contributed by atoms with Crippen LogP contribution in [0.4, 0.5) is 8.78 Å². The van der Waals surface area contributed by atoms with Crippen LogP contribution < -0.4 is 19.5 Å². The van der Waals surface area contributed by atoms with E-state index in [0.29, 0.717) is 37.7 Å². The number of hydrogen-bond acceptors (Lipinski definition) is 4. The van der Waals surface area contributed by atoms with Crippen molar-refractivity contribution in [1.29, 1.82) is 0 Å². The highest BCUT2D eigenvalue weighted by molar-refractivity contribution is 5.96. The van der Waals surface area contributed by atoms with Gasteiger partial charge in [0, 0.05) is 6.54 Å². The van der Waals surface area contributed by atoms with Crippen molar-refractivity contribution in [2.75, 3.05) is 19.8 Å². The molecule has 7 heteroatoms. The molecule has 0 saturated heterocycles. The van der Waals surface area contributed by atoms with Gasteiger partial charge in [-0.2, -0.15) is 8.78 Å². The highest BCUT2D eigenvalue weighted by Gasteiger charge is 2.15. The standard InChI is InChI=1S/C18H17F2NO4/c19-18(20)25-14-4-2-1-3-13(14)17(22)21-8-7-12-5-6-15-16(11-12)24-10-9-23-15/h1-6,11,18H,7-10H2,(H,21,22). The maximum atomic E-state index is 12.4. The summed E-state index contributed by atoms with van der Waals surface area (Å²) < 4.78 is 40.1. The van der Waals surface area contributed by atoms with E-state index in [1.165, 1.54) is 18.2 Å². The van der Waals surface area contributed by atoms with Gasteiger partial charge in [0.05, 0.1) is 5.56 Å². The molecule has 1 aliphatic rings. The van der Waals surface area contributed by atoms with Crippen molar-refractivity contribution in [1.82, 2.24) is 5.32 Å². The normalized spacial score (nSPS) is 12.8. The third-order valence-corrected chi connectivity index (χ3v) is 3.65. The average molecular weight is 349 g/mol. The monoisotopic (exact) mass is 349 g/mol. The van der Waals surface area contributed by atoms with Crippen LogP contribution in [0.3, 0.4) is 0 Å². The predicted molar refractivity (Wildman–Crippen MR) is 86.5 cm³/mol. The molecule has 1 aliphatic heterocycles. The van der Waals surface area contributed by atoms with Crippen molar-refractivity contribution in [3.8, 4) is 17.2 Å². The van der Waals surface area contributed by atoms with Crippen molar-refractivity contribution in [2.45, 2.75) is 13.0 Å². The van der Waals surface area contributed by atoms with Gasteiger partial charge in [0.2, 0.25) is 0 Å². The van der Waals surface area contributed by atoms with Crippen LogP contribution in [0.15, 0.2) is 42.5 Å². The number of amides is 1. The fourth-order valence-corrected chi connectivity index (χ4v) is 2.51. The topological polar surface area (TPSA) is 56.8 Å². The lowest BCUT2D eigenvalue weighted by Gasteiger charge is -2.19. The molecule has 1 amide bonds. The molecule has 3 rings (SSSR count). The molecule has 0 bridgehead atoms. The Balaban J connectivity index is 1.58. The van der Waals surface area contributed by atoms with Gasteiger partial charge in [-0.1, -0.05) is 18.2 Å². The van der Waals surface area contributed by atoms with E-state index in [2.05, 4.69) is 10.1 Å². The molecule has 132 valence electrons. The Morgan fingerprint density at radius 2 is 1.88 bits per heavy atom. The van der Waals surface area contributed by atoms with Crippen molar-refractivity contribution >= 4 is 5.91 Å². The number of ether oxygens (including phenoxy) is 3. The summed E-state index contributed by atoms with van der Waals surface area (Å²) in [6, 6.07) is 11.5. The Labute approximate surface area is 143 Å². The van der Waals surface area contributed by atoms with Crippen LogP contribution in [0.1, 0.15) is 15.9 Å². The van der Waals surface area contributed by atoms with E-state index in [4.69, 9.17) is 9.47 Å². The first-order chi connectivity index (χ1) is 12.1. The van der Waals surface area contributed by atoms with Crippen molar-refractivity contribution < 1.29 is 27.8 Å². The largest absolute Gasteiger partial charge is 0.486 e. The summed E-state index contributed by atoms with van der Waals surface area (Å²) >= 11 is 0. The van der Waals surface area contributed by atoms with E-state index in [-0.39, 0.29) is 11.3 Å². The minimum Gasteiger partial charge on any atom is -0.486 e. The van der Waals surface area contributed by atoms with E-state index in [1.807, 2.05) is 18.2 Å². The number of rotatable bonds is 6. The van der Waals surface area contributed by atoms with E-state index in [0.717, 1.165) is 5.56 Å². The van der Waals surface area contributed by atoms with Gasteiger partial charge in [0.1, 0.15) is 19.0 Å². The second kappa shape index (κ2) is 7.83. The fourth-order valence-electron chi connectivity index (χ4n) is 2.51. The van der Waals surface area contributed by atoms with Gasteiger partial charge >= 0.3 is 6.61 Å². The molecule has 5 nitrogen and oxygen atoms in total. The number of hydrogen-bond donors (Lipinski definition) is 1. The van der Waals surface area contributed by atoms with Crippen molar-refractivity contribution in [3.63, 3.8) is 0 Å². The Bertz CT molecular complexity index is 752. The summed E-state index contributed by atoms with van der Waals surface area (Å²) in [6.45, 7) is -1.59. The summed E-state index contributed by atoms with van der Waals surface area (Å²) in [5.74, 6) is 0.783. The Morgan fingerprint density at radius 1 is 1.12 bits per heavy atom. The highest BCUT2D eigenvalue weighted by atomic mass is 19.3. The van der Waals surface area contributed by atoms with E-state index < -0.39 is 12.5 Å². The smallest absolute Gasteiger partial charge is 0.387 e. The molecule has 0 atom stereocenters. The Kier molecular flexibility index (Phi) is 5.33. The quantitative estimate of drug-likeness (QED) is 0.871. The zero-order chi connectivity index (χ0) is 17.6. The molecule has 0 saturated carbocycles. The second-order valence-electron chi connectivity index (χ2n) is 5.36. The van der Waals surface area contributed by atoms with Crippen molar-refractivity contribution in [2.24, 2.45) is 0 Å². The molecular weight excluding hydrogens is 332 g/mol. The van der Waals surface area contributed by atoms with Crippen LogP contribution in [-0.2, 0) is 6.42 Å². The maximum absolute atomic E-state index is 12.4. The van der Waals surface area contributed by atoms with Gasteiger partial charge in [0.25, 0.3) is 5.91 Å². The second-order valence-corrected chi connectivity index (χ2v) is 5.36. The number of alkyl halides is 2. The number of carbonyl (C=O) groups is 1. The summed E-state index contributed by atoms with van der Waals surface area (Å²) in [7, 11) is 0. The molecule has 0 fully saturated rings. The third-order valence-electron chi connectivity index (χ3n) is 3.65. The number of benzene rings is 2. The molecule has 2 aromatic carbocycles. The minimum absolute atomic E-state index is 0.0741. The number of fused-ring (bicyclic) bond motifs is 1. The van der Waals surface area contributed by atoms with E-state index in [1.54, 1.807) is 6.07 Å². The van der Waals surface area contributed by atoms with Gasteiger partial charge < -0.3 is 19.5 Å². The molecule has 1 heterocycles. The van der Waals surface area contributed by atoms with Crippen LogP contribution in [0.5, 0.6) is 17.2 Å². The molecule has 2 aromatic rings. The van der Waals surface area contributed by atoms with Gasteiger partial charge in [-0.05, 0) is 36.2 Å². The average Bonchev–Trinajstić information content (AvgIpc) is 2.61. The Morgan fingerprint density at radius 3 is 2.68 bits per heavy atom. The molecular formula is C18H17F2NO4. The molecule has 25 heavy (non-hydrogen) atoms.